The zero-order chi connectivity index (χ0) is 15.8. The summed E-state index contributed by atoms with van der Waals surface area (Å²) in [7, 11) is 0. The molecule has 0 aliphatic rings. The van der Waals surface area contributed by atoms with E-state index in [0.29, 0.717) is 17.9 Å². The average molecular weight is 297 g/mol. The van der Waals surface area contributed by atoms with Crippen molar-refractivity contribution < 1.29 is 9.53 Å². The van der Waals surface area contributed by atoms with Crippen molar-refractivity contribution in [2.45, 2.75) is 32.8 Å². The number of para-hydroxylation sites is 1. The number of ether oxygens (including phenoxy) is 1. The third kappa shape index (κ3) is 4.92. The molecule has 0 heterocycles. The van der Waals surface area contributed by atoms with E-state index in [1.54, 1.807) is 6.07 Å². The first kappa shape index (κ1) is 16.1. The van der Waals surface area contributed by atoms with Gasteiger partial charge in [-0.05, 0) is 44.4 Å². The van der Waals surface area contributed by atoms with Crippen molar-refractivity contribution in [3.63, 3.8) is 0 Å². The Hall–Kier alpha value is -2.29. The first-order chi connectivity index (χ1) is 10.7. The maximum Gasteiger partial charge on any atom is 0.255 e. The van der Waals surface area contributed by atoms with Gasteiger partial charge in [0.05, 0.1) is 11.7 Å². The minimum absolute atomic E-state index is 0.0482. The van der Waals surface area contributed by atoms with E-state index in [1.165, 1.54) is 5.56 Å². The molecule has 0 aliphatic carbocycles. The molecule has 2 rings (SSSR count). The van der Waals surface area contributed by atoms with Crippen molar-refractivity contribution in [1.82, 2.24) is 5.32 Å². The summed E-state index contributed by atoms with van der Waals surface area (Å²) in [5.41, 5.74) is 1.89. The highest BCUT2D eigenvalue weighted by Gasteiger charge is 2.12. The minimum atomic E-state index is -0.0793. The zero-order valence-corrected chi connectivity index (χ0v) is 13.2. The van der Waals surface area contributed by atoms with E-state index in [4.69, 9.17) is 4.74 Å². The minimum Gasteiger partial charge on any atom is -0.490 e. The second-order valence-corrected chi connectivity index (χ2v) is 5.51. The Morgan fingerprint density at radius 1 is 1.05 bits per heavy atom. The predicted molar refractivity (Wildman–Crippen MR) is 89.3 cm³/mol. The molecule has 0 unspecified atom stereocenters. The lowest BCUT2D eigenvalue weighted by Crippen LogP contribution is -2.25. The van der Waals surface area contributed by atoms with Crippen molar-refractivity contribution in [3.8, 4) is 5.75 Å². The molecule has 2 aromatic rings. The van der Waals surface area contributed by atoms with Crippen LogP contribution in [0, 0.1) is 0 Å². The number of amides is 1. The molecule has 0 atom stereocenters. The van der Waals surface area contributed by atoms with E-state index in [1.807, 2.05) is 50.2 Å². The average Bonchev–Trinajstić information content (AvgIpc) is 2.52. The lowest BCUT2D eigenvalue weighted by atomic mass is 10.1. The first-order valence-corrected chi connectivity index (χ1v) is 7.74. The van der Waals surface area contributed by atoms with Gasteiger partial charge in [0.25, 0.3) is 5.91 Å². The monoisotopic (exact) mass is 297 g/mol. The van der Waals surface area contributed by atoms with Crippen molar-refractivity contribution in [3.05, 3.63) is 65.7 Å². The molecule has 0 saturated heterocycles. The number of carbonyl (C=O) groups excluding carboxylic acids is 1. The van der Waals surface area contributed by atoms with Crippen molar-refractivity contribution >= 4 is 5.91 Å². The van der Waals surface area contributed by atoms with E-state index >= 15 is 0 Å². The first-order valence-electron chi connectivity index (χ1n) is 7.74. The molecule has 116 valence electrons. The van der Waals surface area contributed by atoms with Crippen molar-refractivity contribution in [2.24, 2.45) is 0 Å². The van der Waals surface area contributed by atoms with Crippen LogP contribution in [-0.2, 0) is 6.42 Å². The summed E-state index contributed by atoms with van der Waals surface area (Å²) >= 11 is 0. The lowest BCUT2D eigenvalue weighted by Gasteiger charge is -2.14. The van der Waals surface area contributed by atoms with Crippen LogP contribution in [0.15, 0.2) is 54.6 Å². The van der Waals surface area contributed by atoms with E-state index < -0.39 is 0 Å². The molecule has 1 N–H and O–H groups in total. The highest BCUT2D eigenvalue weighted by atomic mass is 16.5. The van der Waals surface area contributed by atoms with Gasteiger partial charge in [-0.25, -0.2) is 0 Å². The highest BCUT2D eigenvalue weighted by molar-refractivity contribution is 5.96. The SMILES string of the molecule is CC(C)Oc1ccccc1C(=O)NCCCc1ccccc1. The Kier molecular flexibility index (Phi) is 6.01. The third-order valence-corrected chi connectivity index (χ3v) is 3.26. The second-order valence-electron chi connectivity index (χ2n) is 5.51. The van der Waals surface area contributed by atoms with Gasteiger partial charge in [-0.1, -0.05) is 42.5 Å². The van der Waals surface area contributed by atoms with Crippen LogP contribution in [0.2, 0.25) is 0 Å². The maximum absolute atomic E-state index is 12.3. The maximum atomic E-state index is 12.3. The van der Waals surface area contributed by atoms with Gasteiger partial charge in [0.2, 0.25) is 0 Å². The van der Waals surface area contributed by atoms with Crippen LogP contribution in [0.4, 0.5) is 0 Å². The van der Waals surface area contributed by atoms with Gasteiger partial charge in [-0.3, -0.25) is 4.79 Å². The van der Waals surface area contributed by atoms with Gasteiger partial charge < -0.3 is 10.1 Å². The van der Waals surface area contributed by atoms with Crippen LogP contribution in [-0.4, -0.2) is 18.6 Å². The molecule has 2 aromatic carbocycles. The quantitative estimate of drug-likeness (QED) is 0.789. The molecule has 0 aromatic heterocycles. The summed E-state index contributed by atoms with van der Waals surface area (Å²) in [4.78, 5) is 12.3. The van der Waals surface area contributed by atoms with Gasteiger partial charge >= 0.3 is 0 Å². The number of carbonyl (C=O) groups is 1. The van der Waals surface area contributed by atoms with Crippen LogP contribution >= 0.6 is 0 Å². The topological polar surface area (TPSA) is 38.3 Å². The third-order valence-electron chi connectivity index (χ3n) is 3.26. The Balaban J connectivity index is 1.85. The Morgan fingerprint density at radius 3 is 2.45 bits per heavy atom. The van der Waals surface area contributed by atoms with E-state index in [9.17, 15) is 4.79 Å². The largest absolute Gasteiger partial charge is 0.490 e. The number of rotatable bonds is 7. The van der Waals surface area contributed by atoms with Gasteiger partial charge in [0.1, 0.15) is 5.75 Å². The molecular formula is C19H23NO2. The van der Waals surface area contributed by atoms with Crippen LogP contribution < -0.4 is 10.1 Å². The summed E-state index contributed by atoms with van der Waals surface area (Å²) < 4.78 is 5.68. The smallest absolute Gasteiger partial charge is 0.255 e. The van der Waals surface area contributed by atoms with Crippen molar-refractivity contribution in [2.75, 3.05) is 6.54 Å². The van der Waals surface area contributed by atoms with Gasteiger partial charge in [0, 0.05) is 6.54 Å². The fourth-order valence-electron chi connectivity index (χ4n) is 2.25. The Bertz CT molecular complexity index is 593. The number of nitrogens with one attached hydrogen (secondary N) is 1. The number of hydrogen-bond acceptors (Lipinski definition) is 2. The molecule has 0 fully saturated rings. The Labute approximate surface area is 132 Å². The van der Waals surface area contributed by atoms with Crippen LogP contribution in [0.3, 0.4) is 0 Å². The van der Waals surface area contributed by atoms with E-state index in [2.05, 4.69) is 17.4 Å². The fraction of sp³-hybridized carbons (Fsp3) is 0.316. The van der Waals surface area contributed by atoms with Crippen LogP contribution in [0.1, 0.15) is 36.2 Å². The van der Waals surface area contributed by atoms with Crippen LogP contribution in [0.25, 0.3) is 0 Å². The fourth-order valence-corrected chi connectivity index (χ4v) is 2.25. The molecule has 1 amide bonds. The summed E-state index contributed by atoms with van der Waals surface area (Å²) in [5.74, 6) is 0.558. The summed E-state index contributed by atoms with van der Waals surface area (Å²) in [6, 6.07) is 17.7. The molecule has 0 saturated carbocycles. The lowest BCUT2D eigenvalue weighted by molar-refractivity contribution is 0.0947. The van der Waals surface area contributed by atoms with E-state index in [-0.39, 0.29) is 12.0 Å². The summed E-state index contributed by atoms with van der Waals surface area (Å²) in [6.45, 7) is 4.56. The molecule has 0 spiro atoms. The standard InChI is InChI=1S/C19H23NO2/c1-15(2)22-18-13-7-6-12-17(18)19(21)20-14-8-11-16-9-4-3-5-10-16/h3-7,9-10,12-13,15H,8,11,14H2,1-2H3,(H,20,21). The summed E-state index contributed by atoms with van der Waals surface area (Å²) in [5, 5.41) is 2.96. The molecule has 0 bridgehead atoms. The summed E-state index contributed by atoms with van der Waals surface area (Å²) in [6.07, 6.45) is 1.93. The number of hydrogen-bond donors (Lipinski definition) is 1. The normalized spacial score (nSPS) is 10.5. The van der Waals surface area contributed by atoms with Crippen LogP contribution in [0.5, 0.6) is 5.75 Å². The predicted octanol–water partition coefficient (Wildman–Crippen LogP) is 3.84. The number of benzene rings is 2. The highest BCUT2D eigenvalue weighted by Crippen LogP contribution is 2.19. The molecule has 0 aliphatic heterocycles. The molecular weight excluding hydrogens is 274 g/mol. The molecule has 3 heteroatoms. The van der Waals surface area contributed by atoms with Gasteiger partial charge in [-0.2, -0.15) is 0 Å². The van der Waals surface area contributed by atoms with E-state index in [0.717, 1.165) is 12.8 Å². The second kappa shape index (κ2) is 8.23. The Morgan fingerprint density at radius 2 is 1.73 bits per heavy atom. The molecule has 22 heavy (non-hydrogen) atoms. The zero-order valence-electron chi connectivity index (χ0n) is 13.2. The number of aryl methyl sites for hydroxylation is 1. The van der Waals surface area contributed by atoms with Gasteiger partial charge in [0.15, 0.2) is 0 Å². The van der Waals surface area contributed by atoms with Gasteiger partial charge in [-0.15, -0.1) is 0 Å². The molecule has 0 radical (unpaired) electrons. The molecule has 3 nitrogen and oxygen atoms in total. The van der Waals surface area contributed by atoms with Crippen molar-refractivity contribution in [1.29, 1.82) is 0 Å².